The fourth-order valence-corrected chi connectivity index (χ4v) is 4.81. The van der Waals surface area contributed by atoms with Crippen LogP contribution in [-0.2, 0) is 18.2 Å². The van der Waals surface area contributed by atoms with Gasteiger partial charge in [-0.3, -0.25) is 0 Å². The van der Waals surface area contributed by atoms with Gasteiger partial charge in [-0.2, -0.15) is 0 Å². The maximum atomic E-state index is 12.3. The first-order valence-electron chi connectivity index (χ1n) is 6.72. The molecular formula is C13H24N3OP. The van der Waals surface area contributed by atoms with Crippen LogP contribution in [0, 0.1) is 0 Å². The van der Waals surface area contributed by atoms with Crippen LogP contribution in [0.4, 0.5) is 0 Å². The van der Waals surface area contributed by atoms with Crippen molar-refractivity contribution in [1.82, 2.24) is 14.9 Å². The zero-order valence-corrected chi connectivity index (χ0v) is 12.5. The Morgan fingerprint density at radius 3 is 2.78 bits per heavy atom. The highest BCUT2D eigenvalue weighted by Gasteiger charge is 2.33. The van der Waals surface area contributed by atoms with E-state index in [2.05, 4.69) is 10.3 Å². The Bertz CT molecular complexity index is 437. The summed E-state index contributed by atoms with van der Waals surface area (Å²) in [6, 6.07) is 0.385. The minimum atomic E-state index is -2.01. The van der Waals surface area contributed by atoms with Crippen LogP contribution < -0.4 is 5.32 Å². The number of hydrogen-bond donors (Lipinski definition) is 1. The van der Waals surface area contributed by atoms with Gasteiger partial charge in [0.15, 0.2) is 0 Å². The van der Waals surface area contributed by atoms with Gasteiger partial charge in [0.1, 0.15) is 5.82 Å². The van der Waals surface area contributed by atoms with E-state index in [1.165, 1.54) is 12.8 Å². The van der Waals surface area contributed by atoms with Crippen molar-refractivity contribution >= 4 is 7.14 Å². The molecule has 4 nitrogen and oxygen atoms in total. The number of nitrogens with one attached hydrogen (secondary N) is 1. The molecule has 1 aliphatic rings. The smallest absolute Gasteiger partial charge is 0.122 e. The van der Waals surface area contributed by atoms with Crippen LogP contribution in [-0.4, -0.2) is 34.6 Å². The van der Waals surface area contributed by atoms with Crippen molar-refractivity contribution in [1.29, 1.82) is 0 Å². The zero-order valence-electron chi connectivity index (χ0n) is 11.6. The fraction of sp³-hybridized carbons (Fsp3) is 0.769. The second kappa shape index (κ2) is 5.58. The summed E-state index contributed by atoms with van der Waals surface area (Å²) in [6.07, 6.45) is 8.48. The van der Waals surface area contributed by atoms with Gasteiger partial charge >= 0.3 is 0 Å². The molecule has 0 saturated heterocycles. The Labute approximate surface area is 110 Å². The molecule has 102 valence electrons. The SMILES string of the molecule is Cn1ccnc1CNC1CCCCC1P(C)(C)=O. The Morgan fingerprint density at radius 1 is 1.44 bits per heavy atom. The molecule has 1 aromatic rings. The largest absolute Gasteiger partial charge is 0.337 e. The molecular weight excluding hydrogens is 245 g/mol. The van der Waals surface area contributed by atoms with Crippen LogP contribution in [0.3, 0.4) is 0 Å². The van der Waals surface area contributed by atoms with Crippen LogP contribution in [0.5, 0.6) is 0 Å². The Morgan fingerprint density at radius 2 is 2.17 bits per heavy atom. The van der Waals surface area contributed by atoms with Crippen molar-refractivity contribution in [2.75, 3.05) is 13.3 Å². The van der Waals surface area contributed by atoms with Crippen molar-refractivity contribution in [2.45, 2.75) is 43.9 Å². The number of imidazole rings is 1. The van der Waals surface area contributed by atoms with Gasteiger partial charge in [-0.05, 0) is 26.2 Å². The van der Waals surface area contributed by atoms with E-state index >= 15 is 0 Å². The minimum Gasteiger partial charge on any atom is -0.337 e. The molecule has 1 saturated carbocycles. The average Bonchev–Trinajstić information content (AvgIpc) is 2.71. The number of rotatable bonds is 4. The van der Waals surface area contributed by atoms with E-state index < -0.39 is 7.14 Å². The summed E-state index contributed by atoms with van der Waals surface area (Å²) >= 11 is 0. The molecule has 0 amide bonds. The van der Waals surface area contributed by atoms with E-state index in [0.29, 0.717) is 11.7 Å². The standard InChI is InChI=1S/C13H24N3OP/c1-16-9-8-14-13(16)10-15-11-6-4-5-7-12(11)18(2,3)17/h8-9,11-12,15H,4-7,10H2,1-3H3. The lowest BCUT2D eigenvalue weighted by atomic mass is 9.95. The fourth-order valence-electron chi connectivity index (χ4n) is 2.88. The van der Waals surface area contributed by atoms with Gasteiger partial charge in [-0.15, -0.1) is 0 Å². The van der Waals surface area contributed by atoms with E-state index in [4.69, 9.17) is 0 Å². The highest BCUT2D eigenvalue weighted by Crippen LogP contribution is 2.49. The first-order chi connectivity index (χ1) is 8.48. The quantitative estimate of drug-likeness (QED) is 0.854. The van der Waals surface area contributed by atoms with Crippen LogP contribution in [0.2, 0.25) is 0 Å². The predicted molar refractivity (Wildman–Crippen MR) is 75.5 cm³/mol. The molecule has 1 aliphatic carbocycles. The molecule has 2 atom stereocenters. The van der Waals surface area contributed by atoms with Crippen LogP contribution >= 0.6 is 7.14 Å². The molecule has 18 heavy (non-hydrogen) atoms. The Kier molecular flexibility index (Phi) is 4.29. The number of hydrogen-bond acceptors (Lipinski definition) is 3. The second-order valence-electron chi connectivity index (χ2n) is 5.73. The van der Waals surface area contributed by atoms with Crippen molar-refractivity contribution in [3.63, 3.8) is 0 Å². The summed E-state index contributed by atoms with van der Waals surface area (Å²) in [4.78, 5) is 4.32. The third kappa shape index (κ3) is 3.24. The molecule has 0 spiro atoms. The monoisotopic (exact) mass is 269 g/mol. The summed E-state index contributed by atoms with van der Waals surface area (Å²) in [5.41, 5.74) is 0.339. The van der Waals surface area contributed by atoms with Crippen LogP contribution in [0.1, 0.15) is 31.5 Å². The summed E-state index contributed by atoms with van der Waals surface area (Å²) < 4.78 is 14.4. The highest BCUT2D eigenvalue weighted by atomic mass is 31.2. The number of nitrogens with zero attached hydrogens (tertiary/aromatic N) is 2. The van der Waals surface area contributed by atoms with E-state index in [-0.39, 0.29) is 0 Å². The number of aryl methyl sites for hydroxylation is 1. The second-order valence-corrected chi connectivity index (χ2v) is 9.26. The van der Waals surface area contributed by atoms with Gasteiger partial charge in [0, 0.05) is 31.1 Å². The highest BCUT2D eigenvalue weighted by molar-refractivity contribution is 7.63. The van der Waals surface area contributed by atoms with Gasteiger partial charge in [-0.25, -0.2) is 4.98 Å². The van der Waals surface area contributed by atoms with Gasteiger partial charge in [-0.1, -0.05) is 12.8 Å². The molecule has 0 bridgehead atoms. The van der Waals surface area contributed by atoms with E-state index in [1.54, 1.807) is 0 Å². The van der Waals surface area contributed by atoms with Gasteiger partial charge < -0.3 is 14.4 Å². The molecule has 0 aliphatic heterocycles. The van der Waals surface area contributed by atoms with Crippen molar-refractivity contribution in [2.24, 2.45) is 7.05 Å². The summed E-state index contributed by atoms with van der Waals surface area (Å²) in [5, 5.41) is 3.57. The molecule has 5 heteroatoms. The molecule has 1 fully saturated rings. The molecule has 0 radical (unpaired) electrons. The van der Waals surface area contributed by atoms with E-state index in [1.807, 2.05) is 37.3 Å². The molecule has 1 aromatic heterocycles. The average molecular weight is 269 g/mol. The van der Waals surface area contributed by atoms with E-state index in [0.717, 1.165) is 25.2 Å². The normalized spacial score (nSPS) is 25.3. The number of aromatic nitrogens is 2. The Hall–Kier alpha value is -0.600. The van der Waals surface area contributed by atoms with Gasteiger partial charge in [0.05, 0.1) is 13.7 Å². The maximum absolute atomic E-state index is 12.3. The van der Waals surface area contributed by atoms with Gasteiger partial charge in [0.2, 0.25) is 0 Å². The van der Waals surface area contributed by atoms with E-state index in [9.17, 15) is 4.57 Å². The predicted octanol–water partition coefficient (Wildman–Crippen LogP) is 2.44. The lowest BCUT2D eigenvalue weighted by molar-refractivity contribution is 0.366. The summed E-state index contributed by atoms with van der Waals surface area (Å²) in [6.45, 7) is 4.63. The molecule has 0 aromatic carbocycles. The first kappa shape index (κ1) is 13.8. The summed E-state index contributed by atoms with van der Waals surface area (Å²) in [7, 11) is 0.00149. The van der Waals surface area contributed by atoms with Gasteiger partial charge in [0.25, 0.3) is 0 Å². The van der Waals surface area contributed by atoms with Crippen molar-refractivity contribution < 1.29 is 4.57 Å². The zero-order chi connectivity index (χ0) is 13.2. The lowest BCUT2D eigenvalue weighted by Crippen LogP contribution is -2.41. The third-order valence-corrected chi connectivity index (χ3v) is 6.19. The summed E-state index contributed by atoms with van der Waals surface area (Å²) in [5.74, 6) is 1.04. The molecule has 1 heterocycles. The first-order valence-corrected chi connectivity index (χ1v) is 9.40. The molecule has 1 N–H and O–H groups in total. The topological polar surface area (TPSA) is 46.9 Å². The van der Waals surface area contributed by atoms with Crippen molar-refractivity contribution in [3.05, 3.63) is 18.2 Å². The maximum Gasteiger partial charge on any atom is 0.122 e. The van der Waals surface area contributed by atoms with Crippen molar-refractivity contribution in [3.8, 4) is 0 Å². The van der Waals surface area contributed by atoms with Crippen LogP contribution in [0.25, 0.3) is 0 Å². The Balaban J connectivity index is 1.98. The molecule has 2 rings (SSSR count). The minimum absolute atomic E-state index is 0.339. The lowest BCUT2D eigenvalue weighted by Gasteiger charge is -2.34. The third-order valence-electron chi connectivity index (χ3n) is 3.97. The van der Waals surface area contributed by atoms with Crippen LogP contribution in [0.15, 0.2) is 12.4 Å². The molecule has 2 unspecified atom stereocenters.